The van der Waals surface area contributed by atoms with Gasteiger partial charge in [0.1, 0.15) is 0 Å². The third-order valence-corrected chi connectivity index (χ3v) is 3.82. The lowest BCUT2D eigenvalue weighted by Crippen LogP contribution is -2.55. The second-order valence-corrected chi connectivity index (χ2v) is 5.82. The molecule has 2 saturated carbocycles. The molecule has 0 heterocycles. The van der Waals surface area contributed by atoms with Gasteiger partial charge in [0, 0.05) is 12.5 Å². The van der Waals surface area contributed by atoms with E-state index in [0.717, 1.165) is 25.7 Å². The van der Waals surface area contributed by atoms with E-state index < -0.39 is 5.54 Å². The van der Waals surface area contributed by atoms with E-state index >= 15 is 0 Å². The second-order valence-electron chi connectivity index (χ2n) is 5.82. The van der Waals surface area contributed by atoms with E-state index in [1.807, 2.05) is 13.8 Å². The number of primary amides is 1. The molecule has 98 valence electrons. The van der Waals surface area contributed by atoms with E-state index in [1.54, 1.807) is 0 Å². The normalized spacial score (nSPS) is 26.0. The second kappa shape index (κ2) is 4.94. The molecule has 2 rings (SSSR count). The van der Waals surface area contributed by atoms with Crippen molar-refractivity contribution in [1.82, 2.24) is 5.32 Å². The number of rotatable bonds is 7. The van der Waals surface area contributed by atoms with Gasteiger partial charge in [0.2, 0.25) is 5.91 Å². The topological polar surface area (TPSA) is 64.3 Å². The van der Waals surface area contributed by atoms with E-state index in [0.29, 0.717) is 18.6 Å². The van der Waals surface area contributed by atoms with Crippen molar-refractivity contribution < 1.29 is 9.53 Å². The molecule has 2 unspecified atom stereocenters. The Labute approximate surface area is 103 Å². The average molecular weight is 240 g/mol. The van der Waals surface area contributed by atoms with Crippen molar-refractivity contribution in [2.45, 2.75) is 76.2 Å². The zero-order valence-corrected chi connectivity index (χ0v) is 10.9. The molecule has 3 N–H and O–H groups in total. The Morgan fingerprint density at radius 2 is 2.12 bits per heavy atom. The highest BCUT2D eigenvalue weighted by molar-refractivity contribution is 5.84. The van der Waals surface area contributed by atoms with Crippen molar-refractivity contribution in [3.05, 3.63) is 0 Å². The first-order valence-electron chi connectivity index (χ1n) is 6.73. The Morgan fingerprint density at radius 1 is 1.47 bits per heavy atom. The number of carbonyl (C=O) groups is 1. The summed E-state index contributed by atoms with van der Waals surface area (Å²) in [6.07, 6.45) is 7.05. The van der Waals surface area contributed by atoms with E-state index in [4.69, 9.17) is 10.5 Å². The number of nitrogens with one attached hydrogen (secondary N) is 1. The summed E-state index contributed by atoms with van der Waals surface area (Å²) < 4.78 is 5.89. The van der Waals surface area contributed by atoms with Gasteiger partial charge in [-0.05, 0) is 46.0 Å². The molecule has 0 radical (unpaired) electrons. The summed E-state index contributed by atoms with van der Waals surface area (Å²) in [4.78, 5) is 11.6. The highest BCUT2D eigenvalue weighted by Gasteiger charge is 2.38. The SMILES string of the molecule is CC(CC(C)(NC1CC1)C(N)=O)OC1CCC1. The van der Waals surface area contributed by atoms with Gasteiger partial charge in [0.25, 0.3) is 0 Å². The number of amides is 1. The zero-order valence-electron chi connectivity index (χ0n) is 10.9. The van der Waals surface area contributed by atoms with Crippen molar-refractivity contribution in [2.75, 3.05) is 0 Å². The largest absolute Gasteiger partial charge is 0.375 e. The Kier molecular flexibility index (Phi) is 3.73. The Hall–Kier alpha value is -0.610. The molecule has 1 amide bonds. The molecule has 0 bridgehead atoms. The molecule has 0 aromatic rings. The lowest BCUT2D eigenvalue weighted by Gasteiger charge is -2.34. The maximum atomic E-state index is 11.6. The lowest BCUT2D eigenvalue weighted by atomic mass is 9.92. The lowest BCUT2D eigenvalue weighted by molar-refractivity contribution is -0.127. The van der Waals surface area contributed by atoms with Gasteiger partial charge in [-0.15, -0.1) is 0 Å². The zero-order chi connectivity index (χ0) is 12.5. The number of ether oxygens (including phenoxy) is 1. The number of hydrogen-bond acceptors (Lipinski definition) is 3. The average Bonchev–Trinajstić information content (AvgIpc) is 2.94. The highest BCUT2D eigenvalue weighted by Crippen LogP contribution is 2.28. The highest BCUT2D eigenvalue weighted by atomic mass is 16.5. The summed E-state index contributed by atoms with van der Waals surface area (Å²) in [6, 6.07) is 0.475. The van der Waals surface area contributed by atoms with Gasteiger partial charge in [-0.1, -0.05) is 0 Å². The van der Waals surface area contributed by atoms with Crippen LogP contribution in [-0.4, -0.2) is 29.7 Å². The van der Waals surface area contributed by atoms with Crippen molar-refractivity contribution in [3.63, 3.8) is 0 Å². The fraction of sp³-hybridized carbons (Fsp3) is 0.923. The van der Waals surface area contributed by atoms with Crippen molar-refractivity contribution >= 4 is 5.91 Å². The van der Waals surface area contributed by atoms with Crippen LogP contribution in [0.5, 0.6) is 0 Å². The van der Waals surface area contributed by atoms with E-state index in [1.165, 1.54) is 6.42 Å². The minimum Gasteiger partial charge on any atom is -0.375 e. The minimum atomic E-state index is -0.621. The maximum absolute atomic E-state index is 11.6. The molecule has 4 heteroatoms. The van der Waals surface area contributed by atoms with Gasteiger partial charge >= 0.3 is 0 Å². The third-order valence-electron chi connectivity index (χ3n) is 3.82. The summed E-state index contributed by atoms with van der Waals surface area (Å²) >= 11 is 0. The van der Waals surface area contributed by atoms with Crippen LogP contribution in [0.3, 0.4) is 0 Å². The molecule has 0 aromatic carbocycles. The van der Waals surface area contributed by atoms with Gasteiger partial charge < -0.3 is 15.8 Å². The van der Waals surface area contributed by atoms with Crippen molar-refractivity contribution in [1.29, 1.82) is 0 Å². The predicted octanol–water partition coefficient (Wildman–Crippen LogP) is 1.33. The smallest absolute Gasteiger partial charge is 0.237 e. The monoisotopic (exact) mass is 240 g/mol. The molecule has 0 aromatic heterocycles. The minimum absolute atomic E-state index is 0.0871. The van der Waals surface area contributed by atoms with E-state index in [-0.39, 0.29) is 12.0 Å². The van der Waals surface area contributed by atoms with Crippen LogP contribution in [0.4, 0.5) is 0 Å². The van der Waals surface area contributed by atoms with Crippen LogP contribution < -0.4 is 11.1 Å². The maximum Gasteiger partial charge on any atom is 0.237 e. The molecule has 2 fully saturated rings. The first-order valence-corrected chi connectivity index (χ1v) is 6.73. The van der Waals surface area contributed by atoms with Crippen LogP contribution in [0.1, 0.15) is 52.4 Å². The van der Waals surface area contributed by atoms with Crippen LogP contribution in [0.15, 0.2) is 0 Å². The number of nitrogens with two attached hydrogens (primary N) is 1. The Balaban J connectivity index is 1.83. The van der Waals surface area contributed by atoms with Gasteiger partial charge in [-0.25, -0.2) is 0 Å². The quantitative estimate of drug-likeness (QED) is 0.705. The Morgan fingerprint density at radius 3 is 2.53 bits per heavy atom. The first-order chi connectivity index (χ1) is 7.99. The van der Waals surface area contributed by atoms with Crippen LogP contribution in [-0.2, 0) is 9.53 Å². The van der Waals surface area contributed by atoms with Gasteiger partial charge in [0.15, 0.2) is 0 Å². The van der Waals surface area contributed by atoms with Crippen LogP contribution >= 0.6 is 0 Å². The summed E-state index contributed by atoms with van der Waals surface area (Å²) in [5, 5.41) is 3.35. The molecule has 0 saturated heterocycles. The van der Waals surface area contributed by atoms with Crippen molar-refractivity contribution in [2.24, 2.45) is 5.73 Å². The molecule has 0 spiro atoms. The summed E-state index contributed by atoms with van der Waals surface area (Å²) in [7, 11) is 0. The number of carbonyl (C=O) groups excluding carboxylic acids is 1. The van der Waals surface area contributed by atoms with Crippen LogP contribution in [0.2, 0.25) is 0 Å². The predicted molar refractivity (Wildman–Crippen MR) is 66.6 cm³/mol. The van der Waals surface area contributed by atoms with E-state index in [9.17, 15) is 4.79 Å². The summed E-state index contributed by atoms with van der Waals surface area (Å²) in [6.45, 7) is 3.93. The fourth-order valence-electron chi connectivity index (χ4n) is 2.37. The molecule has 0 aliphatic heterocycles. The third kappa shape index (κ3) is 3.42. The number of hydrogen-bond donors (Lipinski definition) is 2. The Bertz CT molecular complexity index is 287. The standard InChI is InChI=1S/C13H24N2O2/c1-9(17-11-4-3-5-11)8-13(2,12(14)16)15-10-6-7-10/h9-11,15H,3-8H2,1-2H3,(H2,14,16). The molecule has 17 heavy (non-hydrogen) atoms. The summed E-state index contributed by atoms with van der Waals surface area (Å²) in [5.41, 5.74) is 4.89. The van der Waals surface area contributed by atoms with Crippen LogP contribution in [0, 0.1) is 0 Å². The van der Waals surface area contributed by atoms with Gasteiger partial charge in [-0.3, -0.25) is 4.79 Å². The van der Waals surface area contributed by atoms with E-state index in [2.05, 4.69) is 5.32 Å². The molecular formula is C13H24N2O2. The molecule has 2 aliphatic rings. The van der Waals surface area contributed by atoms with Gasteiger partial charge in [-0.2, -0.15) is 0 Å². The first kappa shape index (κ1) is 12.8. The van der Waals surface area contributed by atoms with Gasteiger partial charge in [0.05, 0.1) is 17.7 Å². The van der Waals surface area contributed by atoms with Crippen LogP contribution in [0.25, 0.3) is 0 Å². The van der Waals surface area contributed by atoms with Crippen molar-refractivity contribution in [3.8, 4) is 0 Å². The molecule has 4 nitrogen and oxygen atoms in total. The molecule has 2 aliphatic carbocycles. The fourth-order valence-corrected chi connectivity index (χ4v) is 2.37. The summed E-state index contributed by atoms with van der Waals surface area (Å²) in [5.74, 6) is -0.270. The molecule has 2 atom stereocenters. The molecular weight excluding hydrogens is 216 g/mol.